The van der Waals surface area contributed by atoms with Crippen molar-refractivity contribution in [3.8, 4) is 0 Å². The van der Waals surface area contributed by atoms with E-state index >= 15 is 0 Å². The number of carboxylic acid groups (broad SMARTS) is 1. The lowest BCUT2D eigenvalue weighted by molar-refractivity contribution is -0.141. The highest BCUT2D eigenvalue weighted by atomic mass is 16.4. The van der Waals surface area contributed by atoms with Crippen molar-refractivity contribution in [2.75, 3.05) is 26.2 Å². The monoisotopic (exact) mass is 303 g/mol. The topological polar surface area (TPSA) is 99.8 Å². The molecule has 0 bridgehead atoms. The van der Waals surface area contributed by atoms with Crippen LogP contribution >= 0.6 is 0 Å². The number of amides is 1. The summed E-state index contributed by atoms with van der Waals surface area (Å²) < 4.78 is 1.64. The molecular weight excluding hydrogens is 286 g/mol. The Balaban J connectivity index is 1.94. The van der Waals surface area contributed by atoms with Crippen LogP contribution in [-0.4, -0.2) is 62.4 Å². The number of carbonyl (C=O) groups excluding carboxylic acids is 1. The number of nitrogens with zero attached hydrogens (tertiary/aromatic N) is 4. The third kappa shape index (κ3) is 2.52. The molecule has 2 N–H and O–H groups in total. The maximum atomic E-state index is 12.8. The Morgan fingerprint density at radius 1 is 1.45 bits per heavy atom. The molecule has 1 fully saturated rings. The Bertz CT molecular complexity index is 726. The van der Waals surface area contributed by atoms with E-state index in [4.69, 9.17) is 0 Å². The average Bonchev–Trinajstić information content (AvgIpc) is 2.68. The van der Waals surface area contributed by atoms with E-state index in [1.807, 2.05) is 0 Å². The molecule has 1 aliphatic heterocycles. The molecule has 0 saturated carbocycles. The van der Waals surface area contributed by atoms with Crippen molar-refractivity contribution in [2.45, 2.75) is 6.92 Å². The second-order valence-electron chi connectivity index (χ2n) is 5.33. The van der Waals surface area contributed by atoms with E-state index in [1.54, 1.807) is 34.7 Å². The van der Waals surface area contributed by atoms with Gasteiger partial charge in [0, 0.05) is 38.6 Å². The van der Waals surface area contributed by atoms with Gasteiger partial charge in [0.25, 0.3) is 5.91 Å². The molecule has 116 valence electrons. The number of fused-ring (bicyclic) bond motifs is 1. The Kier molecular flexibility index (Phi) is 3.76. The van der Waals surface area contributed by atoms with Crippen LogP contribution in [0.5, 0.6) is 0 Å². The van der Waals surface area contributed by atoms with E-state index in [0.29, 0.717) is 36.8 Å². The van der Waals surface area contributed by atoms with Gasteiger partial charge in [-0.3, -0.25) is 14.0 Å². The summed E-state index contributed by atoms with van der Waals surface area (Å²) in [5, 5.41) is 12.3. The molecule has 1 aliphatic rings. The number of aliphatic carboxylic acids is 1. The van der Waals surface area contributed by atoms with Gasteiger partial charge >= 0.3 is 5.97 Å². The summed E-state index contributed by atoms with van der Waals surface area (Å²) in [6.07, 6.45) is 3.35. The van der Waals surface area contributed by atoms with E-state index in [1.165, 1.54) is 0 Å². The van der Waals surface area contributed by atoms with Gasteiger partial charge in [-0.15, -0.1) is 0 Å². The van der Waals surface area contributed by atoms with Crippen molar-refractivity contribution in [3.05, 3.63) is 29.8 Å². The van der Waals surface area contributed by atoms with Crippen LogP contribution in [0, 0.1) is 12.8 Å². The summed E-state index contributed by atoms with van der Waals surface area (Å²) in [7, 11) is 0. The fourth-order valence-electron chi connectivity index (χ4n) is 2.67. The van der Waals surface area contributed by atoms with Gasteiger partial charge in [0.15, 0.2) is 0 Å². The highest BCUT2D eigenvalue weighted by Gasteiger charge is 2.29. The summed E-state index contributed by atoms with van der Waals surface area (Å²) in [4.78, 5) is 34.0. The zero-order valence-corrected chi connectivity index (χ0v) is 12.2. The van der Waals surface area contributed by atoms with Crippen molar-refractivity contribution in [1.29, 1.82) is 0 Å². The third-order valence-electron chi connectivity index (χ3n) is 3.81. The Labute approximate surface area is 126 Å². The van der Waals surface area contributed by atoms with E-state index < -0.39 is 11.9 Å². The predicted octanol–water partition coefficient (Wildman–Crippen LogP) is -0.216. The second-order valence-corrected chi connectivity index (χ2v) is 5.33. The molecule has 8 heteroatoms. The van der Waals surface area contributed by atoms with Gasteiger partial charge in [-0.25, -0.2) is 9.97 Å². The summed E-state index contributed by atoms with van der Waals surface area (Å²) in [6.45, 7) is 3.35. The molecular formula is C14H17N5O3. The minimum absolute atomic E-state index is 0.189. The first-order valence-electron chi connectivity index (χ1n) is 7.10. The molecule has 0 aromatic carbocycles. The Morgan fingerprint density at radius 3 is 3.05 bits per heavy atom. The van der Waals surface area contributed by atoms with Gasteiger partial charge in [-0.05, 0) is 13.0 Å². The minimum Gasteiger partial charge on any atom is -0.481 e. The molecule has 3 heterocycles. The van der Waals surface area contributed by atoms with Gasteiger partial charge in [0.1, 0.15) is 5.69 Å². The maximum absolute atomic E-state index is 12.8. The molecule has 3 rings (SSSR count). The lowest BCUT2D eigenvalue weighted by Crippen LogP contribution is -2.38. The number of carbonyl (C=O) groups is 2. The van der Waals surface area contributed by atoms with Crippen molar-refractivity contribution < 1.29 is 14.7 Å². The van der Waals surface area contributed by atoms with Crippen LogP contribution in [0.2, 0.25) is 0 Å². The smallest absolute Gasteiger partial charge is 0.309 e. The van der Waals surface area contributed by atoms with E-state index in [0.717, 1.165) is 0 Å². The lowest BCUT2D eigenvalue weighted by atomic mass is 10.1. The normalized spacial score (nSPS) is 19.1. The summed E-state index contributed by atoms with van der Waals surface area (Å²) >= 11 is 0. The molecule has 1 unspecified atom stereocenters. The maximum Gasteiger partial charge on any atom is 0.309 e. The van der Waals surface area contributed by atoms with E-state index in [-0.39, 0.29) is 12.5 Å². The fourth-order valence-corrected chi connectivity index (χ4v) is 2.67. The first-order chi connectivity index (χ1) is 10.6. The number of rotatable bonds is 2. The predicted molar refractivity (Wildman–Crippen MR) is 77.6 cm³/mol. The Morgan fingerprint density at radius 2 is 2.27 bits per heavy atom. The zero-order valence-electron chi connectivity index (χ0n) is 12.2. The van der Waals surface area contributed by atoms with Crippen LogP contribution in [0.4, 0.5) is 0 Å². The molecule has 2 aromatic heterocycles. The van der Waals surface area contributed by atoms with Crippen molar-refractivity contribution in [3.63, 3.8) is 0 Å². The average molecular weight is 303 g/mol. The number of aromatic nitrogens is 3. The molecule has 22 heavy (non-hydrogen) atoms. The van der Waals surface area contributed by atoms with Crippen molar-refractivity contribution in [1.82, 2.24) is 24.6 Å². The van der Waals surface area contributed by atoms with Crippen molar-refractivity contribution in [2.24, 2.45) is 5.92 Å². The number of hydrogen-bond acceptors (Lipinski definition) is 5. The molecule has 1 saturated heterocycles. The van der Waals surface area contributed by atoms with Gasteiger partial charge < -0.3 is 15.3 Å². The van der Waals surface area contributed by atoms with Crippen LogP contribution in [0.25, 0.3) is 5.78 Å². The lowest BCUT2D eigenvalue weighted by Gasteiger charge is -2.22. The first kappa shape index (κ1) is 14.5. The number of imidazole rings is 1. The largest absolute Gasteiger partial charge is 0.481 e. The van der Waals surface area contributed by atoms with Crippen LogP contribution < -0.4 is 5.32 Å². The molecule has 2 aromatic rings. The fraction of sp³-hybridized carbons (Fsp3) is 0.429. The van der Waals surface area contributed by atoms with Gasteiger partial charge in [0.05, 0.1) is 11.6 Å². The molecule has 1 atom stereocenters. The van der Waals surface area contributed by atoms with Gasteiger partial charge in [-0.1, -0.05) is 0 Å². The number of hydrogen-bond donors (Lipinski definition) is 2. The summed E-state index contributed by atoms with van der Waals surface area (Å²) in [5.41, 5.74) is 1.03. The van der Waals surface area contributed by atoms with Crippen LogP contribution in [0.3, 0.4) is 0 Å². The number of nitrogens with one attached hydrogen (secondary N) is 1. The van der Waals surface area contributed by atoms with Gasteiger partial charge in [0.2, 0.25) is 5.78 Å². The van der Waals surface area contributed by atoms with Crippen molar-refractivity contribution >= 4 is 17.7 Å². The van der Waals surface area contributed by atoms with Crippen LogP contribution in [0.15, 0.2) is 18.5 Å². The highest BCUT2D eigenvalue weighted by molar-refractivity contribution is 5.94. The van der Waals surface area contributed by atoms with Crippen LogP contribution in [0.1, 0.15) is 16.2 Å². The molecule has 8 nitrogen and oxygen atoms in total. The number of carboxylic acids is 1. The highest BCUT2D eigenvalue weighted by Crippen LogP contribution is 2.15. The Hall–Kier alpha value is -2.48. The molecule has 0 radical (unpaired) electrons. The quantitative estimate of drug-likeness (QED) is 0.796. The zero-order chi connectivity index (χ0) is 15.7. The molecule has 0 aliphatic carbocycles. The van der Waals surface area contributed by atoms with Crippen LogP contribution in [-0.2, 0) is 4.79 Å². The first-order valence-corrected chi connectivity index (χ1v) is 7.10. The third-order valence-corrected chi connectivity index (χ3v) is 3.81. The summed E-state index contributed by atoms with van der Waals surface area (Å²) in [6, 6.07) is 1.73. The standard InChI is InChI=1S/C14H17N5O3/c1-9-11(19-5-2-3-16-14(19)17-9)12(20)18-6-4-15-7-10(8-18)13(21)22/h2-3,5,10,15H,4,6-8H2,1H3,(H,21,22). The van der Waals surface area contributed by atoms with E-state index in [9.17, 15) is 14.7 Å². The van der Waals surface area contributed by atoms with E-state index in [2.05, 4.69) is 15.3 Å². The van der Waals surface area contributed by atoms with Gasteiger partial charge in [-0.2, -0.15) is 0 Å². The SMILES string of the molecule is Cc1nc2ncccn2c1C(=O)N1CCNCC(C(=O)O)C1. The second kappa shape index (κ2) is 5.72. The molecule has 1 amide bonds. The minimum atomic E-state index is -0.899. The molecule has 0 spiro atoms. The summed E-state index contributed by atoms with van der Waals surface area (Å²) in [5.74, 6) is -1.26. The number of aryl methyl sites for hydroxylation is 1.